The molecule has 1 saturated heterocycles. The topological polar surface area (TPSA) is 84.5 Å². The Morgan fingerprint density at radius 3 is 2.38 bits per heavy atom. The monoisotopic (exact) mass is 374 g/mol. The summed E-state index contributed by atoms with van der Waals surface area (Å²) in [6, 6.07) is 14.5. The van der Waals surface area contributed by atoms with Crippen LogP contribution in [0.2, 0.25) is 0 Å². The Labute approximate surface area is 153 Å². The first-order valence-electron chi connectivity index (χ1n) is 8.43. The molecule has 7 heteroatoms. The number of anilines is 1. The van der Waals surface area contributed by atoms with E-state index in [0.29, 0.717) is 18.7 Å². The Morgan fingerprint density at radius 1 is 1.12 bits per heavy atom. The third kappa shape index (κ3) is 4.76. The number of sulfone groups is 1. The van der Waals surface area contributed by atoms with Crippen LogP contribution in [-0.4, -0.2) is 33.1 Å². The Bertz CT molecular complexity index is 861. The number of benzene rings is 2. The Hall–Kier alpha value is -2.54. The van der Waals surface area contributed by atoms with Crippen LogP contribution in [0.5, 0.6) is 5.75 Å². The van der Waals surface area contributed by atoms with Crippen molar-refractivity contribution in [1.82, 2.24) is 5.32 Å². The number of rotatable bonds is 5. The number of ether oxygens (including phenoxy) is 1. The quantitative estimate of drug-likeness (QED) is 0.843. The molecule has 1 aliphatic rings. The highest BCUT2D eigenvalue weighted by molar-refractivity contribution is 7.91. The third-order valence-corrected chi connectivity index (χ3v) is 6.25. The summed E-state index contributed by atoms with van der Waals surface area (Å²) in [5.74, 6) is 1.29. The van der Waals surface area contributed by atoms with E-state index in [4.69, 9.17) is 4.74 Å². The lowest BCUT2D eigenvalue weighted by Crippen LogP contribution is -2.28. The lowest BCUT2D eigenvalue weighted by atomic mass is 9.99. The number of methoxy groups -OCH3 is 1. The van der Waals surface area contributed by atoms with Gasteiger partial charge in [0.1, 0.15) is 5.75 Å². The summed E-state index contributed by atoms with van der Waals surface area (Å²) in [6.07, 6.45) is 0.664. The zero-order valence-corrected chi connectivity index (χ0v) is 15.4. The summed E-state index contributed by atoms with van der Waals surface area (Å²) < 4.78 is 28.3. The fourth-order valence-corrected chi connectivity index (χ4v) is 4.78. The molecule has 0 unspecified atom stereocenters. The van der Waals surface area contributed by atoms with Gasteiger partial charge in [-0.3, -0.25) is 0 Å². The third-order valence-electron chi connectivity index (χ3n) is 4.48. The van der Waals surface area contributed by atoms with E-state index in [1.54, 1.807) is 19.2 Å². The van der Waals surface area contributed by atoms with Gasteiger partial charge in [-0.1, -0.05) is 24.3 Å². The number of hydrogen-bond donors (Lipinski definition) is 2. The van der Waals surface area contributed by atoms with Crippen LogP contribution in [-0.2, 0) is 16.4 Å². The number of hydrogen-bond acceptors (Lipinski definition) is 4. The Balaban J connectivity index is 1.51. The molecule has 2 aromatic carbocycles. The van der Waals surface area contributed by atoms with Crippen molar-refractivity contribution in [2.75, 3.05) is 23.9 Å². The molecule has 0 spiro atoms. The van der Waals surface area contributed by atoms with E-state index in [0.717, 1.165) is 16.9 Å². The maximum absolute atomic E-state index is 12.0. The molecule has 138 valence electrons. The first-order valence-corrected chi connectivity index (χ1v) is 10.3. The van der Waals surface area contributed by atoms with Crippen LogP contribution in [0.1, 0.15) is 23.5 Å². The molecule has 2 amide bonds. The van der Waals surface area contributed by atoms with Gasteiger partial charge in [0.25, 0.3) is 0 Å². The molecule has 1 heterocycles. The summed E-state index contributed by atoms with van der Waals surface area (Å²) >= 11 is 0. The standard InChI is InChI=1S/C19H22N2O4S/c1-25-18-8-2-14(3-9-18)12-20-19(22)21-17-6-4-15(5-7-17)16-10-11-26(23,24)13-16/h2-9,16H,10-13H2,1H3,(H2,20,21,22)/t16-/m0/s1. The zero-order valence-electron chi connectivity index (χ0n) is 14.6. The minimum Gasteiger partial charge on any atom is -0.497 e. The molecule has 1 atom stereocenters. The molecule has 6 nitrogen and oxygen atoms in total. The molecule has 26 heavy (non-hydrogen) atoms. The van der Waals surface area contributed by atoms with Gasteiger partial charge in [-0.2, -0.15) is 0 Å². The van der Waals surface area contributed by atoms with Gasteiger partial charge in [-0.25, -0.2) is 13.2 Å². The fraction of sp³-hybridized carbons (Fsp3) is 0.316. The molecule has 2 N–H and O–H groups in total. The predicted octanol–water partition coefficient (Wildman–Crippen LogP) is 2.92. The van der Waals surface area contributed by atoms with Gasteiger partial charge in [-0.15, -0.1) is 0 Å². The van der Waals surface area contributed by atoms with E-state index in [9.17, 15) is 13.2 Å². The molecule has 2 aromatic rings. The normalized spacial score (nSPS) is 18.3. The van der Waals surface area contributed by atoms with Crippen molar-refractivity contribution < 1.29 is 17.9 Å². The number of carbonyl (C=O) groups is 1. The molecule has 3 rings (SSSR count). The molecule has 0 saturated carbocycles. The number of amides is 2. The molecular weight excluding hydrogens is 352 g/mol. The highest BCUT2D eigenvalue weighted by atomic mass is 32.2. The fourth-order valence-electron chi connectivity index (χ4n) is 3.00. The second kappa shape index (κ2) is 7.78. The maximum Gasteiger partial charge on any atom is 0.319 e. The lowest BCUT2D eigenvalue weighted by molar-refractivity contribution is 0.251. The van der Waals surface area contributed by atoms with E-state index in [1.165, 1.54) is 0 Å². The molecule has 0 aliphatic carbocycles. The van der Waals surface area contributed by atoms with E-state index in [2.05, 4.69) is 10.6 Å². The van der Waals surface area contributed by atoms with Crippen molar-refractivity contribution in [3.63, 3.8) is 0 Å². The minimum atomic E-state index is -2.90. The van der Waals surface area contributed by atoms with Gasteiger partial charge >= 0.3 is 6.03 Å². The van der Waals surface area contributed by atoms with Crippen molar-refractivity contribution in [1.29, 1.82) is 0 Å². The highest BCUT2D eigenvalue weighted by Gasteiger charge is 2.28. The second-order valence-electron chi connectivity index (χ2n) is 6.38. The average Bonchev–Trinajstić information content (AvgIpc) is 3.01. The van der Waals surface area contributed by atoms with Gasteiger partial charge < -0.3 is 15.4 Å². The molecule has 0 bridgehead atoms. The SMILES string of the molecule is COc1ccc(CNC(=O)Nc2ccc([C@H]3CCS(=O)(=O)C3)cc2)cc1. The summed E-state index contributed by atoms with van der Waals surface area (Å²) in [4.78, 5) is 12.0. The molecular formula is C19H22N2O4S. The Morgan fingerprint density at radius 2 is 1.81 bits per heavy atom. The Kier molecular flexibility index (Phi) is 5.46. The number of urea groups is 1. The molecule has 0 aromatic heterocycles. The number of nitrogens with one attached hydrogen (secondary N) is 2. The van der Waals surface area contributed by atoms with Crippen molar-refractivity contribution in [2.45, 2.75) is 18.9 Å². The van der Waals surface area contributed by atoms with Crippen LogP contribution in [0.4, 0.5) is 10.5 Å². The van der Waals surface area contributed by atoms with Crippen LogP contribution >= 0.6 is 0 Å². The van der Waals surface area contributed by atoms with Gasteiger partial charge in [-0.05, 0) is 47.7 Å². The van der Waals surface area contributed by atoms with Crippen LogP contribution < -0.4 is 15.4 Å². The van der Waals surface area contributed by atoms with E-state index in [1.807, 2.05) is 36.4 Å². The van der Waals surface area contributed by atoms with E-state index < -0.39 is 9.84 Å². The summed E-state index contributed by atoms with van der Waals surface area (Å²) in [7, 11) is -1.29. The second-order valence-corrected chi connectivity index (χ2v) is 8.61. The van der Waals surface area contributed by atoms with Crippen LogP contribution in [0, 0.1) is 0 Å². The molecule has 1 fully saturated rings. The summed E-state index contributed by atoms with van der Waals surface area (Å²) in [6.45, 7) is 0.411. The van der Waals surface area contributed by atoms with Crippen molar-refractivity contribution in [2.24, 2.45) is 0 Å². The van der Waals surface area contributed by atoms with E-state index in [-0.39, 0.29) is 23.5 Å². The lowest BCUT2D eigenvalue weighted by Gasteiger charge is -2.11. The first-order chi connectivity index (χ1) is 12.4. The minimum absolute atomic E-state index is 0.0537. The smallest absolute Gasteiger partial charge is 0.319 e. The molecule has 0 radical (unpaired) electrons. The summed E-state index contributed by atoms with van der Waals surface area (Å²) in [5.41, 5.74) is 2.64. The largest absolute Gasteiger partial charge is 0.497 e. The average molecular weight is 374 g/mol. The van der Waals surface area contributed by atoms with Crippen molar-refractivity contribution >= 4 is 21.6 Å². The van der Waals surface area contributed by atoms with Gasteiger partial charge in [0.05, 0.1) is 18.6 Å². The van der Waals surface area contributed by atoms with Gasteiger partial charge in [0.2, 0.25) is 0 Å². The zero-order chi connectivity index (χ0) is 18.6. The number of carbonyl (C=O) groups excluding carboxylic acids is 1. The van der Waals surface area contributed by atoms with Crippen LogP contribution in [0.25, 0.3) is 0 Å². The highest BCUT2D eigenvalue weighted by Crippen LogP contribution is 2.29. The maximum atomic E-state index is 12.0. The van der Waals surface area contributed by atoms with Gasteiger partial charge in [0, 0.05) is 12.2 Å². The van der Waals surface area contributed by atoms with Crippen LogP contribution in [0.3, 0.4) is 0 Å². The van der Waals surface area contributed by atoms with E-state index >= 15 is 0 Å². The molecule has 1 aliphatic heterocycles. The first kappa shape index (κ1) is 18.3. The van der Waals surface area contributed by atoms with Crippen molar-refractivity contribution in [3.05, 3.63) is 59.7 Å². The predicted molar refractivity (Wildman–Crippen MR) is 101 cm³/mol. The van der Waals surface area contributed by atoms with Gasteiger partial charge in [0.15, 0.2) is 9.84 Å². The van der Waals surface area contributed by atoms with Crippen molar-refractivity contribution in [3.8, 4) is 5.75 Å². The summed E-state index contributed by atoms with van der Waals surface area (Å²) in [5, 5.41) is 5.57. The van der Waals surface area contributed by atoms with Crippen LogP contribution in [0.15, 0.2) is 48.5 Å².